The molecule has 112 valence electrons. The minimum atomic E-state index is 0.106. The van der Waals surface area contributed by atoms with Crippen LogP contribution in [-0.4, -0.2) is 43.8 Å². The molecule has 4 rings (SSSR count). The highest BCUT2D eigenvalue weighted by Gasteiger charge is 2.38. The van der Waals surface area contributed by atoms with E-state index in [0.717, 1.165) is 44.8 Å². The fourth-order valence-corrected chi connectivity index (χ4v) is 3.62. The lowest BCUT2D eigenvalue weighted by Crippen LogP contribution is -2.44. The molecule has 1 aromatic rings. The molecule has 2 saturated heterocycles. The summed E-state index contributed by atoms with van der Waals surface area (Å²) in [5.41, 5.74) is 1.13. The quantitative estimate of drug-likeness (QED) is 0.853. The summed E-state index contributed by atoms with van der Waals surface area (Å²) in [5, 5.41) is 3.45. The van der Waals surface area contributed by atoms with Crippen molar-refractivity contribution in [3.63, 3.8) is 0 Å². The second-order valence-electron chi connectivity index (χ2n) is 6.29. The van der Waals surface area contributed by atoms with Crippen LogP contribution in [0.4, 0.5) is 0 Å². The van der Waals surface area contributed by atoms with E-state index in [4.69, 9.17) is 9.47 Å². The highest BCUT2D eigenvalue weighted by molar-refractivity contribution is 5.95. The molecule has 5 heteroatoms. The summed E-state index contributed by atoms with van der Waals surface area (Å²) in [6.07, 6.45) is 3.46. The van der Waals surface area contributed by atoms with Crippen LogP contribution >= 0.6 is 0 Å². The van der Waals surface area contributed by atoms with E-state index in [9.17, 15) is 4.79 Å². The van der Waals surface area contributed by atoms with E-state index < -0.39 is 0 Å². The molecule has 1 aromatic carbocycles. The van der Waals surface area contributed by atoms with E-state index in [2.05, 4.69) is 5.32 Å². The Morgan fingerprint density at radius 3 is 2.71 bits per heavy atom. The zero-order chi connectivity index (χ0) is 14.3. The van der Waals surface area contributed by atoms with Crippen molar-refractivity contribution in [2.45, 2.75) is 19.3 Å². The molecule has 3 aliphatic heterocycles. The topological polar surface area (TPSA) is 50.8 Å². The van der Waals surface area contributed by atoms with E-state index in [1.807, 2.05) is 17.0 Å². The van der Waals surface area contributed by atoms with Crippen molar-refractivity contribution in [3.8, 4) is 11.5 Å². The summed E-state index contributed by atoms with van der Waals surface area (Å²) in [6.45, 7) is 4.19. The van der Waals surface area contributed by atoms with Crippen LogP contribution in [0.1, 0.15) is 29.6 Å². The van der Waals surface area contributed by atoms with Gasteiger partial charge in [0.1, 0.15) is 0 Å². The molecule has 1 N–H and O–H groups in total. The number of hydrogen-bond donors (Lipinski definition) is 1. The Kier molecular flexibility index (Phi) is 3.03. The van der Waals surface area contributed by atoms with Gasteiger partial charge >= 0.3 is 0 Å². The number of carbonyl (C=O) groups excluding carboxylic acids is 1. The van der Waals surface area contributed by atoms with Crippen molar-refractivity contribution < 1.29 is 14.3 Å². The number of likely N-dealkylation sites (tertiary alicyclic amines) is 1. The van der Waals surface area contributed by atoms with Crippen molar-refractivity contribution in [2.24, 2.45) is 5.41 Å². The fourth-order valence-electron chi connectivity index (χ4n) is 3.62. The maximum absolute atomic E-state index is 12.6. The zero-order valence-electron chi connectivity index (χ0n) is 12.1. The Bertz CT molecular complexity index is 557. The lowest BCUT2D eigenvalue weighted by molar-refractivity contribution is 0.0607. The van der Waals surface area contributed by atoms with E-state index in [-0.39, 0.29) is 12.7 Å². The van der Waals surface area contributed by atoms with Crippen LogP contribution < -0.4 is 14.8 Å². The minimum absolute atomic E-state index is 0.106. The van der Waals surface area contributed by atoms with E-state index in [1.165, 1.54) is 6.42 Å². The third-order valence-corrected chi connectivity index (χ3v) is 5.06. The number of nitrogens with one attached hydrogen (secondary N) is 1. The molecule has 2 fully saturated rings. The average Bonchev–Trinajstić information content (AvgIpc) is 3.16. The van der Waals surface area contributed by atoms with Gasteiger partial charge in [-0.15, -0.1) is 0 Å². The molecular weight excluding hydrogens is 268 g/mol. The molecule has 0 unspecified atom stereocenters. The van der Waals surface area contributed by atoms with Crippen molar-refractivity contribution in [2.75, 3.05) is 33.0 Å². The first-order chi connectivity index (χ1) is 10.3. The van der Waals surface area contributed by atoms with Crippen LogP contribution in [0.5, 0.6) is 11.5 Å². The van der Waals surface area contributed by atoms with Gasteiger partial charge in [0.25, 0.3) is 5.91 Å². The van der Waals surface area contributed by atoms with Crippen molar-refractivity contribution in [3.05, 3.63) is 23.8 Å². The SMILES string of the molecule is O=C(c1ccc2c(c1)OCO2)N1CCC2(CCNC2)CC1. The first kappa shape index (κ1) is 13.0. The highest BCUT2D eigenvalue weighted by Crippen LogP contribution is 2.38. The summed E-state index contributed by atoms with van der Waals surface area (Å²) in [6, 6.07) is 5.45. The van der Waals surface area contributed by atoms with Gasteiger partial charge in [-0.05, 0) is 49.4 Å². The van der Waals surface area contributed by atoms with Gasteiger partial charge in [0, 0.05) is 25.2 Å². The molecule has 0 aromatic heterocycles. The lowest BCUT2D eigenvalue weighted by Gasteiger charge is -2.38. The maximum atomic E-state index is 12.6. The molecule has 0 saturated carbocycles. The van der Waals surface area contributed by atoms with Crippen molar-refractivity contribution >= 4 is 5.91 Å². The zero-order valence-corrected chi connectivity index (χ0v) is 12.1. The van der Waals surface area contributed by atoms with Gasteiger partial charge in [-0.2, -0.15) is 0 Å². The maximum Gasteiger partial charge on any atom is 0.253 e. The van der Waals surface area contributed by atoms with Crippen molar-refractivity contribution in [1.82, 2.24) is 10.2 Å². The second kappa shape index (κ2) is 4.91. The summed E-state index contributed by atoms with van der Waals surface area (Å²) in [4.78, 5) is 14.6. The highest BCUT2D eigenvalue weighted by atomic mass is 16.7. The van der Waals surface area contributed by atoms with E-state index in [1.54, 1.807) is 6.07 Å². The summed E-state index contributed by atoms with van der Waals surface area (Å²) in [5.74, 6) is 1.50. The normalized spacial score (nSPS) is 22.8. The predicted octanol–water partition coefficient (Wildman–Crippen LogP) is 1.63. The van der Waals surface area contributed by atoms with Gasteiger partial charge in [-0.25, -0.2) is 0 Å². The Hall–Kier alpha value is -1.75. The monoisotopic (exact) mass is 288 g/mol. The Balaban J connectivity index is 1.46. The van der Waals surface area contributed by atoms with Gasteiger partial charge in [0.15, 0.2) is 11.5 Å². The summed E-state index contributed by atoms with van der Waals surface area (Å²) < 4.78 is 10.6. The minimum Gasteiger partial charge on any atom is -0.454 e. The number of amides is 1. The summed E-state index contributed by atoms with van der Waals surface area (Å²) in [7, 11) is 0. The number of nitrogens with zero attached hydrogens (tertiary/aromatic N) is 1. The molecule has 0 atom stereocenters. The number of rotatable bonds is 1. The van der Waals surface area contributed by atoms with Crippen LogP contribution in [0.15, 0.2) is 18.2 Å². The van der Waals surface area contributed by atoms with E-state index in [0.29, 0.717) is 16.7 Å². The smallest absolute Gasteiger partial charge is 0.253 e. The lowest BCUT2D eigenvalue weighted by atomic mass is 9.78. The first-order valence-electron chi connectivity index (χ1n) is 7.66. The number of fused-ring (bicyclic) bond motifs is 1. The van der Waals surface area contributed by atoms with Gasteiger partial charge in [-0.1, -0.05) is 0 Å². The molecule has 5 nitrogen and oxygen atoms in total. The van der Waals surface area contributed by atoms with Gasteiger partial charge in [0.05, 0.1) is 0 Å². The van der Waals surface area contributed by atoms with E-state index >= 15 is 0 Å². The van der Waals surface area contributed by atoms with Gasteiger partial charge in [-0.3, -0.25) is 4.79 Å². The van der Waals surface area contributed by atoms with Crippen LogP contribution in [0, 0.1) is 5.41 Å². The van der Waals surface area contributed by atoms with Gasteiger partial charge < -0.3 is 19.7 Å². The fraction of sp³-hybridized carbons (Fsp3) is 0.562. The van der Waals surface area contributed by atoms with Crippen molar-refractivity contribution in [1.29, 1.82) is 0 Å². The molecule has 0 aliphatic carbocycles. The molecule has 1 spiro atoms. The Morgan fingerprint density at radius 2 is 1.95 bits per heavy atom. The molecule has 1 amide bonds. The average molecular weight is 288 g/mol. The predicted molar refractivity (Wildman–Crippen MR) is 77.6 cm³/mol. The second-order valence-corrected chi connectivity index (χ2v) is 6.29. The molecule has 3 aliphatic rings. The molecule has 0 bridgehead atoms. The third-order valence-electron chi connectivity index (χ3n) is 5.06. The Labute approximate surface area is 124 Å². The molecule has 3 heterocycles. The standard InChI is InChI=1S/C16H20N2O3/c19-15(12-1-2-13-14(9-12)21-11-20-13)18-7-4-16(5-8-18)3-6-17-10-16/h1-2,9,17H,3-8,10-11H2. The number of carbonyl (C=O) groups is 1. The molecule has 0 radical (unpaired) electrons. The van der Waals surface area contributed by atoms with Crippen LogP contribution in [0.2, 0.25) is 0 Å². The number of piperidine rings is 1. The number of hydrogen-bond acceptors (Lipinski definition) is 4. The molecular formula is C16H20N2O3. The third kappa shape index (κ3) is 2.25. The first-order valence-corrected chi connectivity index (χ1v) is 7.66. The molecule has 21 heavy (non-hydrogen) atoms. The van der Waals surface area contributed by atoms with Gasteiger partial charge in [0.2, 0.25) is 6.79 Å². The van der Waals surface area contributed by atoms with Crippen LogP contribution in [-0.2, 0) is 0 Å². The van der Waals surface area contributed by atoms with Crippen LogP contribution in [0.3, 0.4) is 0 Å². The largest absolute Gasteiger partial charge is 0.454 e. The number of ether oxygens (including phenoxy) is 2. The summed E-state index contributed by atoms with van der Waals surface area (Å²) >= 11 is 0. The van der Waals surface area contributed by atoms with Crippen LogP contribution in [0.25, 0.3) is 0 Å². The number of benzene rings is 1. The Morgan fingerprint density at radius 1 is 1.14 bits per heavy atom.